The monoisotopic (exact) mass is 320 g/mol. The van der Waals surface area contributed by atoms with E-state index in [9.17, 15) is 17.2 Å². The third kappa shape index (κ3) is 5.01. The maximum atomic E-state index is 14.2. The Hall–Kier alpha value is -1.05. The SMILES string of the molecule is CCNCc1c(F)ccc(S(=O)(=O)NCCC(C)C)c1F. The minimum Gasteiger partial charge on any atom is -0.313 e. The lowest BCUT2D eigenvalue weighted by Crippen LogP contribution is -2.27. The summed E-state index contributed by atoms with van der Waals surface area (Å²) in [5.74, 6) is -1.46. The van der Waals surface area contributed by atoms with E-state index in [4.69, 9.17) is 0 Å². The number of hydrogen-bond donors (Lipinski definition) is 2. The van der Waals surface area contributed by atoms with Gasteiger partial charge in [-0.15, -0.1) is 0 Å². The summed E-state index contributed by atoms with van der Waals surface area (Å²) in [6.07, 6.45) is 0.645. The molecule has 0 aliphatic heterocycles. The van der Waals surface area contributed by atoms with E-state index in [0.717, 1.165) is 12.1 Å². The summed E-state index contributed by atoms with van der Waals surface area (Å²) < 4.78 is 54.3. The number of halogens is 2. The van der Waals surface area contributed by atoms with Crippen molar-refractivity contribution in [3.63, 3.8) is 0 Å². The average Bonchev–Trinajstić information content (AvgIpc) is 2.37. The van der Waals surface area contributed by atoms with Crippen molar-refractivity contribution in [1.82, 2.24) is 10.0 Å². The van der Waals surface area contributed by atoms with Crippen LogP contribution in [0.4, 0.5) is 8.78 Å². The summed E-state index contributed by atoms with van der Waals surface area (Å²) >= 11 is 0. The molecule has 7 heteroatoms. The summed E-state index contributed by atoms with van der Waals surface area (Å²) in [5.41, 5.74) is -0.261. The lowest BCUT2D eigenvalue weighted by Gasteiger charge is -2.12. The lowest BCUT2D eigenvalue weighted by atomic mass is 10.1. The molecule has 0 bridgehead atoms. The second-order valence-corrected chi connectivity index (χ2v) is 6.93. The fourth-order valence-corrected chi connectivity index (χ4v) is 2.90. The third-order valence-electron chi connectivity index (χ3n) is 3.01. The topological polar surface area (TPSA) is 58.2 Å². The smallest absolute Gasteiger partial charge is 0.243 e. The highest BCUT2D eigenvalue weighted by atomic mass is 32.2. The molecule has 0 radical (unpaired) electrons. The molecule has 21 heavy (non-hydrogen) atoms. The minimum atomic E-state index is -3.97. The molecule has 0 aliphatic rings. The van der Waals surface area contributed by atoms with Crippen LogP contribution in [-0.2, 0) is 16.6 Å². The average molecular weight is 320 g/mol. The molecule has 0 spiro atoms. The van der Waals surface area contributed by atoms with Gasteiger partial charge < -0.3 is 5.32 Å². The minimum absolute atomic E-state index is 0.0521. The lowest BCUT2D eigenvalue weighted by molar-refractivity contribution is 0.511. The van der Waals surface area contributed by atoms with E-state index >= 15 is 0 Å². The van der Waals surface area contributed by atoms with Gasteiger partial charge in [0.05, 0.1) is 0 Å². The van der Waals surface area contributed by atoms with Gasteiger partial charge in [0.1, 0.15) is 10.7 Å². The van der Waals surface area contributed by atoms with Crippen molar-refractivity contribution in [1.29, 1.82) is 0 Å². The first-order valence-electron chi connectivity index (χ1n) is 6.96. The molecule has 0 saturated heterocycles. The van der Waals surface area contributed by atoms with Crippen molar-refractivity contribution < 1.29 is 17.2 Å². The van der Waals surface area contributed by atoms with Crippen LogP contribution in [0.2, 0.25) is 0 Å². The molecule has 0 aromatic heterocycles. The van der Waals surface area contributed by atoms with Crippen LogP contribution in [0, 0.1) is 17.6 Å². The van der Waals surface area contributed by atoms with Crippen molar-refractivity contribution in [3.8, 4) is 0 Å². The maximum Gasteiger partial charge on any atom is 0.243 e. The van der Waals surface area contributed by atoms with Gasteiger partial charge in [-0.05, 0) is 31.0 Å². The Bertz CT molecular complexity index is 575. The fourth-order valence-electron chi connectivity index (χ4n) is 1.76. The fraction of sp³-hybridized carbons (Fsp3) is 0.571. The van der Waals surface area contributed by atoms with Crippen molar-refractivity contribution in [2.75, 3.05) is 13.1 Å². The molecule has 0 fully saturated rings. The van der Waals surface area contributed by atoms with E-state index in [1.165, 1.54) is 0 Å². The van der Waals surface area contributed by atoms with Gasteiger partial charge in [0.2, 0.25) is 10.0 Å². The van der Waals surface area contributed by atoms with E-state index in [1.807, 2.05) is 13.8 Å². The Labute approximate surface area is 125 Å². The summed E-state index contributed by atoms with van der Waals surface area (Å²) in [6.45, 7) is 6.41. The first-order valence-corrected chi connectivity index (χ1v) is 8.45. The van der Waals surface area contributed by atoms with E-state index in [2.05, 4.69) is 10.0 Å². The molecular formula is C14H22F2N2O2S. The van der Waals surface area contributed by atoms with Crippen molar-refractivity contribution in [2.45, 2.75) is 38.6 Å². The predicted octanol–water partition coefficient (Wildman–Crippen LogP) is 2.40. The van der Waals surface area contributed by atoms with Crippen molar-refractivity contribution in [3.05, 3.63) is 29.3 Å². The number of hydrogen-bond acceptors (Lipinski definition) is 3. The molecule has 1 aromatic rings. The van der Waals surface area contributed by atoms with Crippen molar-refractivity contribution in [2.24, 2.45) is 5.92 Å². The van der Waals surface area contributed by atoms with E-state index in [-0.39, 0.29) is 18.7 Å². The summed E-state index contributed by atoms with van der Waals surface area (Å²) in [7, 11) is -3.97. The van der Waals surface area contributed by atoms with Crippen LogP contribution in [0.3, 0.4) is 0 Å². The van der Waals surface area contributed by atoms with E-state index in [0.29, 0.717) is 18.9 Å². The van der Waals surface area contributed by atoms with Crippen LogP contribution in [-0.4, -0.2) is 21.5 Å². The van der Waals surface area contributed by atoms with Crippen LogP contribution < -0.4 is 10.0 Å². The standard InChI is InChI=1S/C14H22F2N2O2S/c1-4-17-9-11-12(15)5-6-13(14(11)16)21(19,20)18-8-7-10(2)3/h5-6,10,17-18H,4,7-9H2,1-3H3. The van der Waals surface area contributed by atoms with Gasteiger partial charge in [0, 0.05) is 18.7 Å². The number of benzene rings is 1. The Morgan fingerprint density at radius 2 is 1.90 bits per heavy atom. The Balaban J connectivity index is 3.01. The Morgan fingerprint density at radius 3 is 2.48 bits per heavy atom. The molecule has 0 saturated carbocycles. The molecular weight excluding hydrogens is 298 g/mol. The molecule has 0 heterocycles. The molecule has 4 nitrogen and oxygen atoms in total. The second kappa shape index (κ2) is 7.82. The third-order valence-corrected chi connectivity index (χ3v) is 4.48. The largest absolute Gasteiger partial charge is 0.313 e. The molecule has 120 valence electrons. The quantitative estimate of drug-likeness (QED) is 0.773. The van der Waals surface area contributed by atoms with Crippen LogP contribution in [0.15, 0.2) is 17.0 Å². The van der Waals surface area contributed by atoms with E-state index in [1.54, 1.807) is 6.92 Å². The zero-order valence-corrected chi connectivity index (χ0v) is 13.4. The molecule has 0 atom stereocenters. The van der Waals surface area contributed by atoms with E-state index < -0.39 is 26.6 Å². The molecule has 0 aliphatic carbocycles. The highest BCUT2D eigenvalue weighted by Gasteiger charge is 2.23. The molecule has 1 aromatic carbocycles. The van der Waals surface area contributed by atoms with Gasteiger partial charge in [-0.2, -0.15) is 0 Å². The van der Waals surface area contributed by atoms with Crippen LogP contribution in [0.25, 0.3) is 0 Å². The zero-order valence-electron chi connectivity index (χ0n) is 12.5. The second-order valence-electron chi connectivity index (χ2n) is 5.20. The van der Waals surface area contributed by atoms with Crippen LogP contribution in [0.1, 0.15) is 32.8 Å². The van der Waals surface area contributed by atoms with Crippen LogP contribution in [0.5, 0.6) is 0 Å². The van der Waals surface area contributed by atoms with Crippen LogP contribution >= 0.6 is 0 Å². The number of nitrogens with one attached hydrogen (secondary N) is 2. The Kier molecular flexibility index (Phi) is 6.70. The van der Waals surface area contributed by atoms with Gasteiger partial charge in [0.25, 0.3) is 0 Å². The maximum absolute atomic E-state index is 14.2. The normalized spacial score (nSPS) is 12.1. The molecule has 0 amide bonds. The van der Waals surface area contributed by atoms with Gasteiger partial charge in [0.15, 0.2) is 5.82 Å². The van der Waals surface area contributed by atoms with Gasteiger partial charge in [-0.25, -0.2) is 21.9 Å². The molecule has 2 N–H and O–H groups in total. The highest BCUT2D eigenvalue weighted by molar-refractivity contribution is 7.89. The number of rotatable bonds is 8. The summed E-state index contributed by atoms with van der Waals surface area (Å²) in [5, 5.41) is 2.79. The number of sulfonamides is 1. The summed E-state index contributed by atoms with van der Waals surface area (Å²) in [4.78, 5) is -0.513. The zero-order chi connectivity index (χ0) is 16.0. The molecule has 1 rings (SSSR count). The van der Waals surface area contributed by atoms with Crippen molar-refractivity contribution >= 4 is 10.0 Å². The first kappa shape index (κ1) is 18.0. The van der Waals surface area contributed by atoms with Gasteiger partial charge in [-0.1, -0.05) is 20.8 Å². The molecule has 0 unspecified atom stereocenters. The highest BCUT2D eigenvalue weighted by Crippen LogP contribution is 2.21. The first-order chi connectivity index (χ1) is 9.79. The predicted molar refractivity (Wildman–Crippen MR) is 78.4 cm³/mol. The summed E-state index contributed by atoms with van der Waals surface area (Å²) in [6, 6.07) is 1.94. The van der Waals surface area contributed by atoms with Gasteiger partial charge in [-0.3, -0.25) is 0 Å². The Morgan fingerprint density at radius 1 is 1.24 bits per heavy atom. The van der Waals surface area contributed by atoms with Gasteiger partial charge >= 0.3 is 0 Å².